The lowest BCUT2D eigenvalue weighted by atomic mass is 10.1. The van der Waals surface area contributed by atoms with E-state index in [1.165, 1.54) is 46.8 Å². The number of nitrogens with zero attached hydrogens (tertiary/aromatic N) is 1. The van der Waals surface area contributed by atoms with Gasteiger partial charge in [0, 0.05) is 17.6 Å². The third-order valence-electron chi connectivity index (χ3n) is 5.38. The van der Waals surface area contributed by atoms with Gasteiger partial charge in [0.2, 0.25) is 9.84 Å². The lowest BCUT2D eigenvalue weighted by molar-refractivity contribution is 0.363. The Labute approximate surface area is 196 Å². The van der Waals surface area contributed by atoms with Crippen LogP contribution in [0.15, 0.2) is 100 Å². The molecule has 33 heavy (non-hydrogen) atoms. The topological polar surface area (TPSA) is 46.6 Å². The van der Waals surface area contributed by atoms with E-state index in [9.17, 15) is 12.8 Å². The highest BCUT2D eigenvalue weighted by molar-refractivity contribution is 7.91. The Hall–Kier alpha value is -3.42. The molecule has 0 N–H and O–H groups in total. The van der Waals surface area contributed by atoms with Crippen molar-refractivity contribution in [1.82, 2.24) is 4.90 Å². The summed E-state index contributed by atoms with van der Waals surface area (Å²) in [4.78, 5) is 3.90. The van der Waals surface area contributed by atoms with E-state index in [1.54, 1.807) is 35.6 Å². The van der Waals surface area contributed by atoms with Gasteiger partial charge in [0.05, 0.1) is 16.3 Å². The smallest absolute Gasteiger partial charge is 0.206 e. The van der Waals surface area contributed by atoms with E-state index in [0.29, 0.717) is 18.0 Å². The molecule has 0 aliphatic carbocycles. The van der Waals surface area contributed by atoms with Crippen molar-refractivity contribution in [3.8, 4) is 11.5 Å². The van der Waals surface area contributed by atoms with Crippen molar-refractivity contribution in [3.63, 3.8) is 0 Å². The Balaban J connectivity index is 1.31. The predicted molar refractivity (Wildman–Crippen MR) is 127 cm³/mol. The molecular formula is C26H20FNO3S2. The Morgan fingerprint density at radius 2 is 1.70 bits per heavy atom. The van der Waals surface area contributed by atoms with E-state index in [-0.39, 0.29) is 15.6 Å². The molecule has 7 heteroatoms. The van der Waals surface area contributed by atoms with Crippen molar-refractivity contribution in [2.24, 2.45) is 0 Å². The van der Waals surface area contributed by atoms with Crippen LogP contribution in [0.25, 0.3) is 6.08 Å². The van der Waals surface area contributed by atoms with Gasteiger partial charge >= 0.3 is 0 Å². The second-order valence-electron chi connectivity index (χ2n) is 7.70. The van der Waals surface area contributed by atoms with E-state index in [0.717, 1.165) is 12.1 Å². The first-order valence-electron chi connectivity index (χ1n) is 10.3. The second-order valence-corrected chi connectivity index (χ2v) is 10.6. The molecule has 1 aromatic heterocycles. The molecule has 0 bridgehead atoms. The summed E-state index contributed by atoms with van der Waals surface area (Å²) in [6, 6.07) is 21.0. The van der Waals surface area contributed by atoms with Crippen LogP contribution in [-0.4, -0.2) is 13.3 Å². The van der Waals surface area contributed by atoms with Gasteiger partial charge in [0.15, 0.2) is 0 Å². The van der Waals surface area contributed by atoms with Crippen LogP contribution >= 0.6 is 11.3 Å². The van der Waals surface area contributed by atoms with Crippen molar-refractivity contribution in [2.45, 2.75) is 22.9 Å². The van der Waals surface area contributed by atoms with E-state index >= 15 is 0 Å². The number of hydrogen-bond acceptors (Lipinski definition) is 5. The summed E-state index contributed by atoms with van der Waals surface area (Å²) in [5.41, 5.74) is 2.30. The van der Waals surface area contributed by atoms with Gasteiger partial charge in [-0.3, -0.25) is 0 Å². The van der Waals surface area contributed by atoms with Crippen LogP contribution in [0.5, 0.6) is 11.5 Å². The van der Waals surface area contributed by atoms with Crippen molar-refractivity contribution < 1.29 is 17.5 Å². The molecule has 0 fully saturated rings. The highest BCUT2D eigenvalue weighted by Crippen LogP contribution is 2.29. The first kappa shape index (κ1) is 21.4. The number of rotatable bonds is 6. The minimum absolute atomic E-state index is 0.138. The highest BCUT2D eigenvalue weighted by atomic mass is 32.2. The molecule has 0 unspecified atom stereocenters. The zero-order valence-corrected chi connectivity index (χ0v) is 19.2. The monoisotopic (exact) mass is 477 g/mol. The van der Waals surface area contributed by atoms with E-state index in [1.807, 2.05) is 12.1 Å². The van der Waals surface area contributed by atoms with Crippen LogP contribution in [0.1, 0.15) is 16.0 Å². The van der Waals surface area contributed by atoms with Crippen LogP contribution in [-0.2, 0) is 22.9 Å². The Bertz CT molecular complexity index is 1410. The van der Waals surface area contributed by atoms with Gasteiger partial charge in [0.25, 0.3) is 0 Å². The fourth-order valence-electron chi connectivity index (χ4n) is 3.65. The molecule has 5 rings (SSSR count). The number of sulfone groups is 1. The molecule has 0 atom stereocenters. The summed E-state index contributed by atoms with van der Waals surface area (Å²) in [7, 11) is -3.71. The van der Waals surface area contributed by atoms with E-state index in [2.05, 4.69) is 28.6 Å². The van der Waals surface area contributed by atoms with Crippen LogP contribution in [0.3, 0.4) is 0 Å². The maximum absolute atomic E-state index is 13.2. The number of halogens is 1. The molecule has 1 aliphatic heterocycles. The predicted octanol–water partition coefficient (Wildman–Crippen LogP) is 6.50. The Morgan fingerprint density at radius 1 is 0.909 bits per heavy atom. The Kier molecular flexibility index (Phi) is 5.74. The molecule has 0 saturated carbocycles. The van der Waals surface area contributed by atoms with Crippen LogP contribution in [0, 0.1) is 5.82 Å². The van der Waals surface area contributed by atoms with Crippen molar-refractivity contribution in [2.75, 3.05) is 0 Å². The molecule has 0 spiro atoms. The summed E-state index contributed by atoms with van der Waals surface area (Å²) in [5.74, 6) is 0.426. The van der Waals surface area contributed by atoms with Gasteiger partial charge in [-0.05, 0) is 83.2 Å². The van der Waals surface area contributed by atoms with Crippen molar-refractivity contribution >= 4 is 27.3 Å². The molecule has 166 valence electrons. The van der Waals surface area contributed by atoms with Gasteiger partial charge in [-0.15, -0.1) is 11.3 Å². The summed E-state index contributed by atoms with van der Waals surface area (Å²) in [5, 5.41) is 2.10. The fraction of sp³-hybridized carbons (Fsp3) is 0.0769. The average molecular weight is 478 g/mol. The standard InChI is InChI=1S/C26H20FNO3S2/c27-21-6-8-22(9-7-21)31-23-2-1-3-25(16-23)33(29,30)24-10-4-19(5-11-24)17-28-14-12-20-13-15-32-26(20)18-28/h1-16H,17-18H2. The maximum Gasteiger partial charge on any atom is 0.206 e. The van der Waals surface area contributed by atoms with Crippen LogP contribution < -0.4 is 4.74 Å². The lowest BCUT2D eigenvalue weighted by Crippen LogP contribution is -2.18. The summed E-state index contributed by atoms with van der Waals surface area (Å²) in [6.07, 6.45) is 4.18. The minimum atomic E-state index is -3.71. The zero-order chi connectivity index (χ0) is 22.8. The molecule has 3 aromatic carbocycles. The molecule has 2 heterocycles. The summed E-state index contributed by atoms with van der Waals surface area (Å²) >= 11 is 1.75. The summed E-state index contributed by atoms with van der Waals surface area (Å²) in [6.45, 7) is 1.56. The molecular weight excluding hydrogens is 457 g/mol. The van der Waals surface area contributed by atoms with Crippen LogP contribution in [0.4, 0.5) is 4.39 Å². The quantitative estimate of drug-likeness (QED) is 0.318. The third kappa shape index (κ3) is 4.69. The van der Waals surface area contributed by atoms with Gasteiger partial charge in [-0.25, -0.2) is 12.8 Å². The van der Waals surface area contributed by atoms with Crippen LogP contribution in [0.2, 0.25) is 0 Å². The van der Waals surface area contributed by atoms with Gasteiger partial charge in [0.1, 0.15) is 17.3 Å². The van der Waals surface area contributed by atoms with E-state index in [4.69, 9.17) is 4.74 Å². The highest BCUT2D eigenvalue weighted by Gasteiger charge is 2.19. The second kappa shape index (κ2) is 8.84. The summed E-state index contributed by atoms with van der Waals surface area (Å²) < 4.78 is 45.1. The fourth-order valence-corrected chi connectivity index (χ4v) is 5.83. The van der Waals surface area contributed by atoms with E-state index < -0.39 is 9.84 Å². The number of benzene rings is 3. The molecule has 1 aliphatic rings. The molecule has 0 saturated heterocycles. The third-order valence-corrected chi connectivity index (χ3v) is 8.06. The number of fused-ring (bicyclic) bond motifs is 1. The number of thiophene rings is 1. The van der Waals surface area contributed by atoms with Gasteiger partial charge in [-0.1, -0.05) is 18.2 Å². The lowest BCUT2D eigenvalue weighted by Gasteiger charge is -2.23. The first-order valence-corrected chi connectivity index (χ1v) is 12.7. The number of ether oxygens (including phenoxy) is 1. The average Bonchev–Trinajstić information content (AvgIpc) is 3.29. The Morgan fingerprint density at radius 3 is 2.48 bits per heavy atom. The minimum Gasteiger partial charge on any atom is -0.457 e. The van der Waals surface area contributed by atoms with Gasteiger partial charge in [-0.2, -0.15) is 0 Å². The van der Waals surface area contributed by atoms with Crippen molar-refractivity contribution in [3.05, 3.63) is 112 Å². The molecule has 4 aromatic rings. The molecule has 4 nitrogen and oxygen atoms in total. The molecule has 0 radical (unpaired) electrons. The normalized spacial score (nSPS) is 13.1. The first-order chi connectivity index (χ1) is 16.0. The van der Waals surface area contributed by atoms with Crippen molar-refractivity contribution in [1.29, 1.82) is 0 Å². The number of hydrogen-bond donors (Lipinski definition) is 0. The maximum atomic E-state index is 13.2. The van der Waals surface area contributed by atoms with Gasteiger partial charge < -0.3 is 9.64 Å². The largest absolute Gasteiger partial charge is 0.457 e. The zero-order valence-electron chi connectivity index (χ0n) is 17.5. The molecule has 0 amide bonds. The SMILES string of the molecule is O=S(=O)(c1ccc(CN2C=Cc3ccsc3C2)cc1)c1cccc(Oc2ccc(F)cc2)c1.